The molecule has 0 aliphatic heterocycles. The van der Waals surface area contributed by atoms with Crippen molar-refractivity contribution in [3.63, 3.8) is 0 Å². The van der Waals surface area contributed by atoms with Gasteiger partial charge in [0, 0.05) is 25.7 Å². The van der Waals surface area contributed by atoms with Gasteiger partial charge in [-0.25, -0.2) is 9.13 Å². The molecular weight excluding hydrogens is 1230 g/mol. The lowest BCUT2D eigenvalue weighted by Gasteiger charge is -2.21. The quantitative estimate of drug-likeness (QED) is 0.0169. The normalized spacial score (nSPS) is 14.3. The summed E-state index contributed by atoms with van der Waals surface area (Å²) in [5, 5.41) is 10.6. The number of ether oxygens (including phenoxy) is 4. The fourth-order valence-electron chi connectivity index (χ4n) is 10.2. The van der Waals surface area contributed by atoms with Gasteiger partial charge in [-0.1, -0.05) is 268 Å². The van der Waals surface area contributed by atoms with Gasteiger partial charge in [0.1, 0.15) is 19.3 Å². The van der Waals surface area contributed by atoms with E-state index in [-0.39, 0.29) is 25.7 Å². The minimum atomic E-state index is -4.97. The Kier molecular flexibility index (Phi) is 65.9. The highest BCUT2D eigenvalue weighted by atomic mass is 31.2. The van der Waals surface area contributed by atoms with Crippen LogP contribution in [0.25, 0.3) is 0 Å². The highest BCUT2D eigenvalue weighted by Gasteiger charge is 2.30. The Morgan fingerprint density at radius 1 is 0.298 bits per heavy atom. The number of unbranched alkanes of at least 4 members (excludes halogenated alkanes) is 35. The van der Waals surface area contributed by atoms with Crippen molar-refractivity contribution in [2.24, 2.45) is 0 Å². The van der Waals surface area contributed by atoms with Gasteiger partial charge in [-0.2, -0.15) is 0 Å². The van der Waals surface area contributed by atoms with E-state index >= 15 is 0 Å². The summed E-state index contributed by atoms with van der Waals surface area (Å²) in [6.45, 7) is 4.73. The Morgan fingerprint density at radius 2 is 0.543 bits per heavy atom. The first-order chi connectivity index (χ1) is 45.7. The number of aliphatic hydroxyl groups is 1. The zero-order valence-corrected chi connectivity index (χ0v) is 61.4. The van der Waals surface area contributed by atoms with Gasteiger partial charge in [0.25, 0.3) is 0 Å². The molecule has 19 heteroatoms. The number of phosphoric ester groups is 2. The molecule has 0 bridgehead atoms. The van der Waals surface area contributed by atoms with Crippen molar-refractivity contribution in [1.82, 2.24) is 0 Å². The molecule has 0 radical (unpaired) electrons. The van der Waals surface area contributed by atoms with Crippen LogP contribution in [0.15, 0.2) is 60.8 Å². The van der Waals surface area contributed by atoms with E-state index in [1.54, 1.807) is 0 Å². The van der Waals surface area contributed by atoms with E-state index in [9.17, 15) is 43.2 Å². The Bertz CT molecular complexity index is 2030. The van der Waals surface area contributed by atoms with Crippen molar-refractivity contribution in [3.05, 3.63) is 60.8 Å². The lowest BCUT2D eigenvalue weighted by molar-refractivity contribution is -0.161. The lowest BCUT2D eigenvalue weighted by atomic mass is 10.0. The average molecular weight is 1370 g/mol. The summed E-state index contributed by atoms with van der Waals surface area (Å²) < 4.78 is 68.4. The number of rotatable bonds is 71. The van der Waals surface area contributed by atoms with Crippen molar-refractivity contribution in [2.45, 2.75) is 354 Å². The van der Waals surface area contributed by atoms with Crippen molar-refractivity contribution < 1.29 is 80.2 Å². The number of carbonyl (C=O) groups excluding carboxylic acids is 4. The summed E-state index contributed by atoms with van der Waals surface area (Å²) in [5.74, 6) is -2.19. The van der Waals surface area contributed by atoms with Crippen LogP contribution in [0.3, 0.4) is 0 Å². The summed E-state index contributed by atoms with van der Waals surface area (Å²) in [4.78, 5) is 72.7. The molecule has 17 nitrogen and oxygen atoms in total. The summed E-state index contributed by atoms with van der Waals surface area (Å²) in [6.07, 6.45) is 65.0. The SMILES string of the molecule is CCC/C=C\C/C=C\CCCCCCCC(=O)OCC(COP(=O)(O)OCC(O)COP(=O)(O)OCC(COC(=O)CCCCCCCCCCCCCCCCC)OC(=O)CCCCCCC/C=C\CCCCCC)OC(=O)CCCCCCC/C=C\C/C=C\CCC. The monoisotopic (exact) mass is 1370 g/mol. The van der Waals surface area contributed by atoms with Gasteiger partial charge in [-0.15, -0.1) is 0 Å². The summed E-state index contributed by atoms with van der Waals surface area (Å²) in [5.41, 5.74) is 0. The highest BCUT2D eigenvalue weighted by Crippen LogP contribution is 2.45. The molecule has 0 amide bonds. The van der Waals surface area contributed by atoms with Crippen molar-refractivity contribution >= 4 is 39.5 Å². The molecule has 3 N–H and O–H groups in total. The predicted octanol–water partition coefficient (Wildman–Crippen LogP) is 21.1. The van der Waals surface area contributed by atoms with E-state index in [2.05, 4.69) is 88.5 Å². The molecule has 0 spiro atoms. The molecule has 0 aromatic heterocycles. The standard InChI is InChI=1S/C75H136O17P2/c1-5-9-13-17-21-25-29-33-34-38-40-44-48-52-56-60-73(78)86-66-71(92-75(80)62-58-54-50-46-42-37-32-28-24-20-16-12-8-4)68-90-94(83,84)88-64-69(76)63-87-93(81,82)89-67-70(91-74(79)61-57-53-49-45-41-36-31-27-23-19-15-11-7-3)65-85-72(77)59-55-51-47-43-39-35-30-26-22-18-14-10-6-2/h14-15,18-19,26-28,30-32,69-71,76H,5-13,16-17,20-25,29,33-68H2,1-4H3,(H,81,82)(H,83,84)/b18-14-,19-15-,30-26-,31-27-,32-28-. The van der Waals surface area contributed by atoms with Crippen molar-refractivity contribution in [3.8, 4) is 0 Å². The average Bonchev–Trinajstić information content (AvgIpc) is 2.45. The second kappa shape index (κ2) is 68.3. The van der Waals surface area contributed by atoms with E-state index in [0.29, 0.717) is 25.7 Å². The molecule has 94 heavy (non-hydrogen) atoms. The molecule has 548 valence electrons. The summed E-state index contributed by atoms with van der Waals surface area (Å²) in [6, 6.07) is 0. The molecule has 0 fully saturated rings. The molecule has 5 atom stereocenters. The van der Waals surface area contributed by atoms with Gasteiger partial charge in [0.05, 0.1) is 26.4 Å². The molecule has 0 rings (SSSR count). The van der Waals surface area contributed by atoms with E-state index < -0.39 is 97.5 Å². The van der Waals surface area contributed by atoms with Crippen LogP contribution in [-0.4, -0.2) is 96.7 Å². The van der Waals surface area contributed by atoms with Crippen LogP contribution in [0.5, 0.6) is 0 Å². The van der Waals surface area contributed by atoms with Crippen LogP contribution in [-0.2, 0) is 65.4 Å². The molecule has 0 saturated heterocycles. The smallest absolute Gasteiger partial charge is 0.462 e. The summed E-state index contributed by atoms with van der Waals surface area (Å²) in [7, 11) is -9.94. The first-order valence-electron chi connectivity index (χ1n) is 37.5. The minimum Gasteiger partial charge on any atom is -0.462 e. The Hall–Kier alpha value is -3.24. The first kappa shape index (κ1) is 90.8. The lowest BCUT2D eigenvalue weighted by Crippen LogP contribution is -2.30. The van der Waals surface area contributed by atoms with Crippen LogP contribution >= 0.6 is 15.6 Å². The fourth-order valence-corrected chi connectivity index (χ4v) is 11.8. The zero-order chi connectivity index (χ0) is 69.0. The molecule has 0 saturated carbocycles. The Morgan fingerprint density at radius 3 is 0.851 bits per heavy atom. The van der Waals surface area contributed by atoms with Crippen LogP contribution in [0.2, 0.25) is 0 Å². The molecular formula is C75H136O17P2. The number of aliphatic hydroxyl groups excluding tert-OH is 1. The van der Waals surface area contributed by atoms with E-state index in [4.69, 9.17) is 37.0 Å². The fraction of sp³-hybridized carbons (Fsp3) is 0.813. The van der Waals surface area contributed by atoms with Gasteiger partial charge >= 0.3 is 39.5 Å². The minimum absolute atomic E-state index is 0.0785. The maximum atomic E-state index is 13.1. The van der Waals surface area contributed by atoms with Crippen LogP contribution in [0.4, 0.5) is 0 Å². The number of carbonyl (C=O) groups is 4. The molecule has 5 unspecified atom stereocenters. The van der Waals surface area contributed by atoms with Crippen LogP contribution in [0.1, 0.15) is 336 Å². The van der Waals surface area contributed by atoms with E-state index in [0.717, 1.165) is 161 Å². The predicted molar refractivity (Wildman–Crippen MR) is 381 cm³/mol. The van der Waals surface area contributed by atoms with Crippen molar-refractivity contribution in [1.29, 1.82) is 0 Å². The third-order valence-electron chi connectivity index (χ3n) is 15.9. The molecule has 0 aromatic carbocycles. The summed E-state index contributed by atoms with van der Waals surface area (Å²) >= 11 is 0. The molecule has 0 aliphatic rings. The van der Waals surface area contributed by atoms with Gasteiger partial charge in [0.15, 0.2) is 12.2 Å². The third kappa shape index (κ3) is 67.3. The van der Waals surface area contributed by atoms with Crippen LogP contribution in [0, 0.1) is 0 Å². The van der Waals surface area contributed by atoms with Crippen LogP contribution < -0.4 is 0 Å². The number of phosphoric acid groups is 2. The second-order valence-electron chi connectivity index (χ2n) is 25.2. The second-order valence-corrected chi connectivity index (χ2v) is 28.1. The van der Waals surface area contributed by atoms with E-state index in [1.807, 2.05) is 0 Å². The van der Waals surface area contributed by atoms with E-state index in [1.165, 1.54) is 96.3 Å². The molecule has 0 aliphatic carbocycles. The number of hydrogen-bond donors (Lipinski definition) is 3. The van der Waals surface area contributed by atoms with Gasteiger partial charge in [0.2, 0.25) is 0 Å². The number of hydrogen-bond acceptors (Lipinski definition) is 15. The molecule has 0 aromatic rings. The Balaban J connectivity index is 5.32. The van der Waals surface area contributed by atoms with Crippen molar-refractivity contribution in [2.75, 3.05) is 39.6 Å². The van der Waals surface area contributed by atoms with Gasteiger partial charge < -0.3 is 33.8 Å². The number of esters is 4. The topological polar surface area (TPSA) is 237 Å². The maximum absolute atomic E-state index is 13.1. The van der Waals surface area contributed by atoms with Gasteiger partial charge in [-0.05, 0) is 103 Å². The first-order valence-corrected chi connectivity index (χ1v) is 40.5. The third-order valence-corrected chi connectivity index (χ3v) is 17.8. The zero-order valence-electron chi connectivity index (χ0n) is 59.6. The Labute approximate surface area is 571 Å². The van der Waals surface area contributed by atoms with Gasteiger partial charge in [-0.3, -0.25) is 37.3 Å². The number of allylic oxidation sites excluding steroid dienone is 10. The maximum Gasteiger partial charge on any atom is 0.472 e. The molecule has 0 heterocycles. The largest absolute Gasteiger partial charge is 0.472 e. The highest BCUT2D eigenvalue weighted by molar-refractivity contribution is 7.47.